The SMILES string of the molecule is COc1ccc(C(Nc2ncnc3c2ncn3CCOCP(=O)(OCCSC(=O)C(C)(C)C)OCCSC(=O)C(C)(C)C)(c2ccccc2)c2ccccc2)cc1. The van der Waals surface area contributed by atoms with E-state index in [0.29, 0.717) is 35.0 Å². The number of thioether (sulfide) groups is 2. The molecule has 0 saturated carbocycles. The van der Waals surface area contributed by atoms with Gasteiger partial charge in [-0.1, -0.05) is 138 Å². The Hall–Kier alpha value is -4.04. The molecule has 57 heavy (non-hydrogen) atoms. The Labute approximate surface area is 343 Å². The molecule has 15 heteroatoms. The van der Waals surface area contributed by atoms with Crippen molar-refractivity contribution in [1.82, 2.24) is 19.5 Å². The van der Waals surface area contributed by atoms with E-state index >= 15 is 0 Å². The summed E-state index contributed by atoms with van der Waals surface area (Å²) in [7, 11) is -2.09. The van der Waals surface area contributed by atoms with Gasteiger partial charge in [0.15, 0.2) is 21.7 Å². The Morgan fingerprint density at radius 3 is 1.75 bits per heavy atom. The van der Waals surface area contributed by atoms with Gasteiger partial charge in [0, 0.05) is 28.9 Å². The normalized spacial score (nSPS) is 12.5. The monoisotopic (exact) mass is 833 g/mol. The van der Waals surface area contributed by atoms with E-state index in [1.165, 1.54) is 6.33 Å². The first-order valence-corrected chi connectivity index (χ1v) is 22.4. The standard InChI is InChI=1S/C42H52N5O7PS2/c1-40(2,3)38(48)56-26-24-53-55(50,54-25-27-57-39(49)41(4,5)6)30-52-23-22-47-29-45-35-36(43-28-44-37(35)47)46-42(31-14-10-8-11-15-31,32-16-12-9-13-17-32)33-18-20-34(51-7)21-19-33/h8-21,28-29H,22-27,30H2,1-7H3,(H,43,44,46). The van der Waals surface area contributed by atoms with Crippen LogP contribution in [0.15, 0.2) is 97.6 Å². The van der Waals surface area contributed by atoms with Crippen LogP contribution in [0.2, 0.25) is 0 Å². The number of hydrogen-bond donors (Lipinski definition) is 1. The van der Waals surface area contributed by atoms with E-state index < -0.39 is 24.0 Å². The highest BCUT2D eigenvalue weighted by Crippen LogP contribution is 2.48. The van der Waals surface area contributed by atoms with Crippen LogP contribution in [0.25, 0.3) is 11.2 Å². The fraction of sp³-hybridized carbons (Fsp3) is 0.405. The van der Waals surface area contributed by atoms with Crippen molar-refractivity contribution in [2.24, 2.45) is 10.8 Å². The van der Waals surface area contributed by atoms with E-state index in [9.17, 15) is 14.2 Å². The molecular weight excluding hydrogens is 782 g/mol. The number of rotatable bonds is 19. The molecule has 0 atom stereocenters. The van der Waals surface area contributed by atoms with Gasteiger partial charge in [-0.3, -0.25) is 14.2 Å². The van der Waals surface area contributed by atoms with Crippen LogP contribution in [0, 0.1) is 10.8 Å². The number of benzene rings is 3. The molecule has 1 N–H and O–H groups in total. The zero-order valence-electron chi connectivity index (χ0n) is 33.6. The molecule has 0 radical (unpaired) electrons. The number of imidazole rings is 1. The molecule has 0 bridgehead atoms. The minimum Gasteiger partial charge on any atom is -0.497 e. The lowest BCUT2D eigenvalue weighted by atomic mass is 9.77. The molecule has 2 heterocycles. The molecule has 0 amide bonds. The summed E-state index contributed by atoms with van der Waals surface area (Å²) in [6, 6.07) is 28.3. The summed E-state index contributed by atoms with van der Waals surface area (Å²) in [5.74, 6) is 1.89. The fourth-order valence-corrected chi connectivity index (χ4v) is 8.89. The molecule has 3 aromatic carbocycles. The van der Waals surface area contributed by atoms with Gasteiger partial charge >= 0.3 is 7.60 Å². The highest BCUT2D eigenvalue weighted by Gasteiger charge is 2.38. The van der Waals surface area contributed by atoms with Crippen molar-refractivity contribution in [2.75, 3.05) is 50.1 Å². The Balaban J connectivity index is 1.33. The molecule has 0 aliphatic rings. The highest BCUT2D eigenvalue weighted by molar-refractivity contribution is 8.14. The molecule has 0 spiro atoms. The van der Waals surface area contributed by atoms with Crippen LogP contribution in [-0.4, -0.2) is 74.5 Å². The predicted molar refractivity (Wildman–Crippen MR) is 229 cm³/mol. The van der Waals surface area contributed by atoms with E-state index in [1.54, 1.807) is 13.4 Å². The van der Waals surface area contributed by atoms with E-state index in [-0.39, 0.29) is 36.4 Å². The summed E-state index contributed by atoms with van der Waals surface area (Å²) >= 11 is 2.25. The van der Waals surface area contributed by atoms with E-state index in [1.807, 2.05) is 107 Å². The van der Waals surface area contributed by atoms with Crippen molar-refractivity contribution in [2.45, 2.75) is 53.6 Å². The lowest BCUT2D eigenvalue weighted by molar-refractivity contribution is -0.118. The summed E-state index contributed by atoms with van der Waals surface area (Å²) in [6.07, 6.45) is 2.86. The number of methoxy groups -OCH3 is 1. The second-order valence-electron chi connectivity index (χ2n) is 15.3. The topological polar surface area (TPSA) is 144 Å². The fourth-order valence-electron chi connectivity index (χ4n) is 5.75. The molecular formula is C42H52N5O7PS2. The second kappa shape index (κ2) is 19.6. The summed E-state index contributed by atoms with van der Waals surface area (Å²) in [5, 5.41) is 3.81. The molecule has 0 fully saturated rings. The largest absolute Gasteiger partial charge is 0.497 e. The Kier molecular flexibility index (Phi) is 15.2. The zero-order chi connectivity index (χ0) is 41.1. The number of ether oxygens (including phenoxy) is 2. The first-order valence-electron chi connectivity index (χ1n) is 18.7. The van der Waals surface area contributed by atoms with Crippen LogP contribution < -0.4 is 10.1 Å². The first-order chi connectivity index (χ1) is 27.2. The van der Waals surface area contributed by atoms with Gasteiger partial charge < -0.3 is 28.4 Å². The molecule has 304 valence electrons. The van der Waals surface area contributed by atoms with Crippen molar-refractivity contribution < 1.29 is 32.7 Å². The number of nitrogens with one attached hydrogen (secondary N) is 1. The van der Waals surface area contributed by atoms with Gasteiger partial charge in [0.1, 0.15) is 29.5 Å². The van der Waals surface area contributed by atoms with Crippen molar-refractivity contribution in [1.29, 1.82) is 0 Å². The summed E-state index contributed by atoms with van der Waals surface area (Å²) in [6.45, 7) is 11.6. The number of hydrogen-bond acceptors (Lipinski definition) is 13. The molecule has 0 aliphatic carbocycles. The zero-order valence-corrected chi connectivity index (χ0v) is 36.1. The summed E-state index contributed by atoms with van der Waals surface area (Å²) in [5.41, 5.74) is 2.21. The first kappa shape index (κ1) is 44.1. The Bertz CT molecular complexity index is 2040. The third-order valence-electron chi connectivity index (χ3n) is 8.80. The number of fused-ring (bicyclic) bond motifs is 1. The van der Waals surface area contributed by atoms with Crippen LogP contribution in [0.5, 0.6) is 5.75 Å². The Morgan fingerprint density at radius 1 is 0.719 bits per heavy atom. The molecule has 2 aromatic heterocycles. The van der Waals surface area contributed by atoms with Crippen LogP contribution in [-0.2, 0) is 40.0 Å². The van der Waals surface area contributed by atoms with Crippen molar-refractivity contribution in [3.8, 4) is 5.75 Å². The highest BCUT2D eigenvalue weighted by atomic mass is 32.2. The van der Waals surface area contributed by atoms with E-state index in [4.69, 9.17) is 28.5 Å². The van der Waals surface area contributed by atoms with Gasteiger partial charge in [-0.15, -0.1) is 0 Å². The predicted octanol–water partition coefficient (Wildman–Crippen LogP) is 9.05. The third kappa shape index (κ3) is 11.6. The molecule has 5 rings (SSSR count). The summed E-state index contributed by atoms with van der Waals surface area (Å²) < 4.78 is 38.6. The van der Waals surface area contributed by atoms with Gasteiger partial charge in [-0.25, -0.2) is 15.0 Å². The summed E-state index contributed by atoms with van der Waals surface area (Å²) in [4.78, 5) is 38.8. The maximum Gasteiger partial charge on any atom is 0.356 e. The number of carbonyl (C=O) groups excluding carboxylic acids is 2. The van der Waals surface area contributed by atoms with Crippen LogP contribution >= 0.6 is 31.1 Å². The van der Waals surface area contributed by atoms with Crippen LogP contribution in [0.3, 0.4) is 0 Å². The lowest BCUT2D eigenvalue weighted by Crippen LogP contribution is -2.38. The van der Waals surface area contributed by atoms with Crippen LogP contribution in [0.4, 0.5) is 5.82 Å². The van der Waals surface area contributed by atoms with Crippen LogP contribution in [0.1, 0.15) is 58.2 Å². The van der Waals surface area contributed by atoms with Crippen molar-refractivity contribution in [3.05, 3.63) is 114 Å². The lowest BCUT2D eigenvalue weighted by Gasteiger charge is -2.37. The molecule has 0 saturated heterocycles. The van der Waals surface area contributed by atoms with E-state index in [2.05, 4.69) is 34.6 Å². The number of nitrogens with zero attached hydrogens (tertiary/aromatic N) is 4. The molecule has 0 unspecified atom stereocenters. The minimum atomic E-state index is -3.74. The van der Waals surface area contributed by atoms with Gasteiger partial charge in [-0.2, -0.15) is 0 Å². The average molecular weight is 834 g/mol. The third-order valence-corrected chi connectivity index (χ3v) is 12.9. The smallest absolute Gasteiger partial charge is 0.356 e. The Morgan fingerprint density at radius 2 is 1.25 bits per heavy atom. The minimum absolute atomic E-state index is 0.0106. The van der Waals surface area contributed by atoms with E-state index in [0.717, 1.165) is 46.0 Å². The molecule has 5 aromatic rings. The maximum absolute atomic E-state index is 13.8. The number of anilines is 1. The van der Waals surface area contributed by atoms with Crippen molar-refractivity contribution in [3.63, 3.8) is 0 Å². The quantitative estimate of drug-likeness (QED) is 0.0481. The number of carbonyl (C=O) groups is 2. The van der Waals surface area contributed by atoms with Gasteiger partial charge in [0.05, 0.1) is 33.3 Å². The van der Waals surface area contributed by atoms with Gasteiger partial charge in [-0.05, 0) is 28.8 Å². The number of aromatic nitrogens is 4. The second-order valence-corrected chi connectivity index (χ2v) is 19.4. The van der Waals surface area contributed by atoms with Gasteiger partial charge in [0.2, 0.25) is 0 Å². The molecule has 12 nitrogen and oxygen atoms in total. The van der Waals surface area contributed by atoms with Crippen molar-refractivity contribution >= 4 is 58.3 Å². The maximum atomic E-state index is 13.8. The average Bonchev–Trinajstić information content (AvgIpc) is 3.62. The molecule has 0 aliphatic heterocycles. The van der Waals surface area contributed by atoms with Gasteiger partial charge in [0.25, 0.3) is 0 Å².